The molecule has 1 atom stereocenters. The molecule has 0 aliphatic rings. The molecule has 0 radical (unpaired) electrons. The molecular formula is C19H16F3NO3. The third kappa shape index (κ3) is 3.49. The fraction of sp³-hybridized carbons (Fsp3) is 0.263. The van der Waals surface area contributed by atoms with Gasteiger partial charge in [0.2, 0.25) is 5.41 Å². The number of hydrogen-bond donors (Lipinski definition) is 0. The van der Waals surface area contributed by atoms with Gasteiger partial charge in [-0.25, -0.2) is 4.79 Å². The van der Waals surface area contributed by atoms with Crippen LogP contribution in [0, 0.1) is 11.3 Å². The van der Waals surface area contributed by atoms with E-state index in [9.17, 15) is 23.2 Å². The summed E-state index contributed by atoms with van der Waals surface area (Å²) < 4.78 is 48.5. The van der Waals surface area contributed by atoms with Crippen LogP contribution in [0.5, 0.6) is 5.75 Å². The largest absolute Gasteiger partial charge is 0.497 e. The van der Waals surface area contributed by atoms with Crippen LogP contribution in [0.15, 0.2) is 48.5 Å². The van der Waals surface area contributed by atoms with Gasteiger partial charge in [0.1, 0.15) is 5.75 Å². The number of esters is 1. The van der Waals surface area contributed by atoms with Crippen LogP contribution in [0.4, 0.5) is 13.2 Å². The van der Waals surface area contributed by atoms with E-state index in [4.69, 9.17) is 9.47 Å². The molecule has 0 amide bonds. The Hall–Kier alpha value is -3.01. The molecule has 0 N–H and O–H groups in total. The van der Waals surface area contributed by atoms with Crippen LogP contribution in [-0.2, 0) is 21.1 Å². The zero-order valence-corrected chi connectivity index (χ0v) is 14.1. The van der Waals surface area contributed by atoms with Gasteiger partial charge in [-0.05, 0) is 42.3 Å². The monoisotopic (exact) mass is 363 g/mol. The Bertz CT molecular complexity index is 808. The van der Waals surface area contributed by atoms with E-state index in [0.717, 1.165) is 24.3 Å². The molecule has 2 rings (SSSR count). The molecule has 1 unspecified atom stereocenters. The summed E-state index contributed by atoms with van der Waals surface area (Å²) in [7, 11) is 1.47. The van der Waals surface area contributed by atoms with Gasteiger partial charge in [-0.15, -0.1) is 0 Å². The number of methoxy groups -OCH3 is 1. The fourth-order valence-corrected chi connectivity index (χ4v) is 2.57. The summed E-state index contributed by atoms with van der Waals surface area (Å²) in [6.07, 6.45) is -4.52. The van der Waals surface area contributed by atoms with E-state index in [2.05, 4.69) is 0 Å². The smallest absolute Gasteiger partial charge is 0.416 e. The van der Waals surface area contributed by atoms with Crippen LogP contribution in [0.2, 0.25) is 0 Å². The van der Waals surface area contributed by atoms with E-state index < -0.39 is 23.1 Å². The lowest BCUT2D eigenvalue weighted by atomic mass is 9.75. The molecular weight excluding hydrogens is 347 g/mol. The van der Waals surface area contributed by atoms with Crippen molar-refractivity contribution in [2.24, 2.45) is 0 Å². The molecule has 0 heterocycles. The molecule has 0 aliphatic carbocycles. The predicted octanol–water partition coefficient (Wildman–Crippen LogP) is 4.09. The lowest BCUT2D eigenvalue weighted by molar-refractivity contribution is -0.146. The first-order chi connectivity index (χ1) is 12.3. The van der Waals surface area contributed by atoms with Crippen molar-refractivity contribution in [3.05, 3.63) is 65.2 Å². The second-order valence-electron chi connectivity index (χ2n) is 5.39. The van der Waals surface area contributed by atoms with E-state index in [-0.39, 0.29) is 17.7 Å². The molecule has 0 saturated heterocycles. The van der Waals surface area contributed by atoms with E-state index >= 15 is 0 Å². The minimum atomic E-state index is -4.52. The van der Waals surface area contributed by atoms with Crippen molar-refractivity contribution >= 4 is 5.97 Å². The molecule has 7 heteroatoms. The number of carbonyl (C=O) groups is 1. The zero-order chi connectivity index (χ0) is 19.4. The molecule has 0 fully saturated rings. The average molecular weight is 363 g/mol. The number of halogens is 3. The molecule has 2 aromatic carbocycles. The zero-order valence-electron chi connectivity index (χ0n) is 14.1. The van der Waals surface area contributed by atoms with E-state index in [0.29, 0.717) is 5.75 Å². The standard InChI is InChI=1S/C19H16F3NO3/c1-3-26-17(24)18(12-23,14-8-10-16(25-2)11-9-14)13-4-6-15(7-5-13)19(20,21)22/h4-11H,3H2,1-2H3. The highest BCUT2D eigenvalue weighted by molar-refractivity contribution is 5.91. The van der Waals surface area contributed by atoms with Crippen molar-refractivity contribution in [3.63, 3.8) is 0 Å². The van der Waals surface area contributed by atoms with Gasteiger partial charge in [0.25, 0.3) is 0 Å². The van der Waals surface area contributed by atoms with Gasteiger partial charge in [0.15, 0.2) is 0 Å². The van der Waals surface area contributed by atoms with Crippen molar-refractivity contribution in [3.8, 4) is 11.8 Å². The minimum absolute atomic E-state index is 0.0268. The second kappa shape index (κ2) is 7.48. The summed E-state index contributed by atoms with van der Waals surface area (Å²) in [4.78, 5) is 12.6. The SMILES string of the molecule is CCOC(=O)C(C#N)(c1ccc(OC)cc1)c1ccc(C(F)(F)F)cc1. The summed E-state index contributed by atoms with van der Waals surface area (Å²) >= 11 is 0. The van der Waals surface area contributed by atoms with Gasteiger partial charge in [0.05, 0.1) is 25.3 Å². The summed E-state index contributed by atoms with van der Waals surface area (Å²) in [6, 6.07) is 12.0. The van der Waals surface area contributed by atoms with Crippen LogP contribution in [0.1, 0.15) is 23.6 Å². The number of nitriles is 1. The molecule has 26 heavy (non-hydrogen) atoms. The molecule has 136 valence electrons. The number of alkyl halides is 3. The van der Waals surface area contributed by atoms with Crippen LogP contribution in [-0.4, -0.2) is 19.7 Å². The summed E-state index contributed by atoms with van der Waals surface area (Å²) in [5.41, 5.74) is -2.38. The molecule has 2 aromatic rings. The Morgan fingerprint density at radius 3 is 1.85 bits per heavy atom. The number of rotatable bonds is 5. The highest BCUT2D eigenvalue weighted by Gasteiger charge is 2.45. The Morgan fingerprint density at radius 1 is 1.00 bits per heavy atom. The van der Waals surface area contributed by atoms with Gasteiger partial charge in [0, 0.05) is 0 Å². The fourth-order valence-electron chi connectivity index (χ4n) is 2.57. The minimum Gasteiger partial charge on any atom is -0.497 e. The summed E-state index contributed by atoms with van der Waals surface area (Å²) in [5.74, 6) is -0.343. The maximum Gasteiger partial charge on any atom is 0.416 e. The first-order valence-electron chi connectivity index (χ1n) is 7.70. The number of hydrogen-bond acceptors (Lipinski definition) is 4. The lowest BCUT2D eigenvalue weighted by Crippen LogP contribution is -2.37. The van der Waals surface area contributed by atoms with Gasteiger partial charge >= 0.3 is 12.1 Å². The van der Waals surface area contributed by atoms with Crippen LogP contribution < -0.4 is 4.74 Å². The van der Waals surface area contributed by atoms with Crippen molar-refractivity contribution in [2.75, 3.05) is 13.7 Å². The normalized spacial score (nSPS) is 13.4. The average Bonchev–Trinajstić information content (AvgIpc) is 2.63. The Balaban J connectivity index is 2.63. The molecule has 0 bridgehead atoms. The topological polar surface area (TPSA) is 59.3 Å². The summed E-state index contributed by atoms with van der Waals surface area (Å²) in [5, 5.41) is 9.83. The lowest BCUT2D eigenvalue weighted by Gasteiger charge is -2.26. The van der Waals surface area contributed by atoms with Crippen LogP contribution in [0.3, 0.4) is 0 Å². The van der Waals surface area contributed by atoms with Crippen molar-refractivity contribution in [1.29, 1.82) is 5.26 Å². The van der Waals surface area contributed by atoms with E-state index in [1.54, 1.807) is 19.1 Å². The molecule has 0 aromatic heterocycles. The highest BCUT2D eigenvalue weighted by Crippen LogP contribution is 2.36. The third-order valence-electron chi connectivity index (χ3n) is 3.92. The number of carbonyl (C=O) groups excluding carboxylic acids is 1. The second-order valence-corrected chi connectivity index (χ2v) is 5.39. The third-order valence-corrected chi connectivity index (χ3v) is 3.92. The van der Waals surface area contributed by atoms with Gasteiger partial charge in [-0.3, -0.25) is 0 Å². The maximum atomic E-state index is 12.8. The molecule has 0 spiro atoms. The molecule has 0 saturated carbocycles. The van der Waals surface area contributed by atoms with E-state index in [1.165, 1.54) is 19.2 Å². The Labute approximate surface area is 148 Å². The maximum absolute atomic E-state index is 12.8. The predicted molar refractivity (Wildman–Crippen MR) is 87.5 cm³/mol. The number of nitrogens with zero attached hydrogens (tertiary/aromatic N) is 1. The summed E-state index contributed by atoms with van der Waals surface area (Å²) in [6.45, 7) is 1.61. The highest BCUT2D eigenvalue weighted by atomic mass is 19.4. The van der Waals surface area contributed by atoms with Crippen molar-refractivity contribution < 1.29 is 27.4 Å². The van der Waals surface area contributed by atoms with Gasteiger partial charge < -0.3 is 9.47 Å². The van der Waals surface area contributed by atoms with Gasteiger partial charge in [-0.2, -0.15) is 18.4 Å². The van der Waals surface area contributed by atoms with Crippen LogP contribution in [0.25, 0.3) is 0 Å². The molecule has 0 aliphatic heterocycles. The first-order valence-corrected chi connectivity index (χ1v) is 7.70. The number of benzene rings is 2. The van der Waals surface area contributed by atoms with E-state index in [1.807, 2.05) is 6.07 Å². The molecule has 4 nitrogen and oxygen atoms in total. The Morgan fingerprint density at radius 2 is 1.46 bits per heavy atom. The Kier molecular flexibility index (Phi) is 5.56. The number of ether oxygens (including phenoxy) is 2. The van der Waals surface area contributed by atoms with Gasteiger partial charge in [-0.1, -0.05) is 24.3 Å². The van der Waals surface area contributed by atoms with Crippen LogP contribution >= 0.6 is 0 Å². The quantitative estimate of drug-likeness (QED) is 0.751. The van der Waals surface area contributed by atoms with Crippen molar-refractivity contribution in [2.45, 2.75) is 18.5 Å². The van der Waals surface area contributed by atoms with Crippen molar-refractivity contribution in [1.82, 2.24) is 0 Å². The first kappa shape index (κ1) is 19.3.